The number of fused-ring (bicyclic) bond motifs is 1. The molecule has 1 aliphatic rings. The predicted molar refractivity (Wildman–Crippen MR) is 95.8 cm³/mol. The van der Waals surface area contributed by atoms with Gasteiger partial charge in [0.15, 0.2) is 11.5 Å². The van der Waals surface area contributed by atoms with Crippen LogP contribution in [0.15, 0.2) is 45.6 Å². The Morgan fingerprint density at radius 1 is 1.19 bits per heavy atom. The van der Waals surface area contributed by atoms with Crippen molar-refractivity contribution >= 4 is 12.7 Å². The van der Waals surface area contributed by atoms with Crippen molar-refractivity contribution in [3.63, 3.8) is 0 Å². The van der Waals surface area contributed by atoms with Crippen LogP contribution in [0.2, 0.25) is 0 Å². The summed E-state index contributed by atoms with van der Waals surface area (Å²) in [6.45, 7) is 4.89. The summed E-state index contributed by atoms with van der Waals surface area (Å²) < 4.78 is 21.9. The molecule has 0 radical (unpaired) electrons. The summed E-state index contributed by atoms with van der Waals surface area (Å²) in [5.74, 6) is 1.70. The second kappa shape index (κ2) is 6.48. The fourth-order valence-electron chi connectivity index (χ4n) is 2.85. The third kappa shape index (κ3) is 2.86. The van der Waals surface area contributed by atoms with Crippen molar-refractivity contribution in [2.45, 2.75) is 0 Å². The van der Waals surface area contributed by atoms with E-state index in [1.165, 1.54) is 0 Å². The largest absolute Gasteiger partial charge is 0.493 e. The Morgan fingerprint density at radius 3 is 2.81 bits per heavy atom. The van der Waals surface area contributed by atoms with Crippen LogP contribution in [0.3, 0.4) is 0 Å². The fraction of sp³-hybridized carbons (Fsp3) is 0.150. The van der Waals surface area contributed by atoms with E-state index < -0.39 is 5.63 Å². The zero-order valence-corrected chi connectivity index (χ0v) is 14.2. The van der Waals surface area contributed by atoms with Crippen LogP contribution in [0, 0.1) is 10.8 Å². The second-order valence-electron chi connectivity index (χ2n) is 5.81. The normalized spacial score (nSPS) is 15.0. The maximum absolute atomic E-state index is 12.2. The minimum Gasteiger partial charge on any atom is -0.493 e. The van der Waals surface area contributed by atoms with E-state index in [1.54, 1.807) is 25.3 Å². The molecule has 1 aliphatic heterocycles. The van der Waals surface area contributed by atoms with Crippen LogP contribution in [0.5, 0.6) is 17.2 Å². The van der Waals surface area contributed by atoms with Crippen molar-refractivity contribution < 1.29 is 18.6 Å². The molecule has 26 heavy (non-hydrogen) atoms. The maximum Gasteiger partial charge on any atom is 0.361 e. The molecule has 2 aromatic carbocycles. The first-order valence-corrected chi connectivity index (χ1v) is 8.12. The second-order valence-corrected chi connectivity index (χ2v) is 5.81. The number of aromatic nitrogens is 1. The molecule has 0 saturated heterocycles. The summed E-state index contributed by atoms with van der Waals surface area (Å²) in [6.07, 6.45) is 1.68. The van der Waals surface area contributed by atoms with Gasteiger partial charge >= 0.3 is 5.63 Å². The van der Waals surface area contributed by atoms with Crippen molar-refractivity contribution in [1.29, 1.82) is 0 Å². The van der Waals surface area contributed by atoms with Gasteiger partial charge in [0.25, 0.3) is 0 Å². The van der Waals surface area contributed by atoms with Crippen LogP contribution in [0.25, 0.3) is 12.7 Å². The third-order valence-corrected chi connectivity index (χ3v) is 4.09. The monoisotopic (exact) mass is 351 g/mol. The average Bonchev–Trinajstić information content (AvgIpc) is 3.01. The number of hydrogen-bond acceptors (Lipinski definition) is 5. The number of oxazole rings is 1. The van der Waals surface area contributed by atoms with Gasteiger partial charge in [0.05, 0.1) is 7.11 Å². The van der Waals surface area contributed by atoms with Gasteiger partial charge in [-0.1, -0.05) is 24.8 Å². The summed E-state index contributed by atoms with van der Waals surface area (Å²) in [6, 6.07) is 11.0. The molecule has 0 bridgehead atoms. The zero-order chi connectivity index (χ0) is 18.1. The van der Waals surface area contributed by atoms with Crippen LogP contribution in [-0.4, -0.2) is 25.3 Å². The van der Waals surface area contributed by atoms with Crippen molar-refractivity contribution in [2.75, 3.05) is 20.3 Å². The standard InChI is InChI=1S/C20H17NO5/c1-12-5-3-4-6-14(12)19-21-15(20(22)26-19)9-13-10-16(23-2)18-17(11-13)24-7-8-25-18/h3-6,9-11,21H,1,7-8H2,2H3/b15-9-,19-14?. The number of H-pyrrole nitrogens is 1. The minimum atomic E-state index is -0.461. The highest BCUT2D eigenvalue weighted by atomic mass is 16.6. The first-order chi connectivity index (χ1) is 12.7. The van der Waals surface area contributed by atoms with E-state index in [-0.39, 0.29) is 0 Å². The number of rotatable bonds is 2. The number of ether oxygens (including phenoxy) is 3. The number of hydrogen-bond donors (Lipinski definition) is 1. The van der Waals surface area contributed by atoms with Gasteiger partial charge in [-0.05, 0) is 35.1 Å². The lowest BCUT2D eigenvalue weighted by Crippen LogP contribution is -2.20. The molecule has 3 aromatic rings. The van der Waals surface area contributed by atoms with Crippen molar-refractivity contribution in [1.82, 2.24) is 4.98 Å². The fourth-order valence-corrected chi connectivity index (χ4v) is 2.85. The summed E-state index contributed by atoms with van der Waals surface area (Å²) >= 11 is 0. The Balaban J connectivity index is 1.91. The van der Waals surface area contributed by atoms with Crippen molar-refractivity contribution in [2.24, 2.45) is 0 Å². The van der Waals surface area contributed by atoms with Gasteiger partial charge in [0.2, 0.25) is 11.3 Å². The number of methoxy groups -OCH3 is 1. The van der Waals surface area contributed by atoms with E-state index in [4.69, 9.17) is 18.6 Å². The quantitative estimate of drug-likeness (QED) is 0.753. The molecule has 1 N–H and O–H groups in total. The van der Waals surface area contributed by atoms with E-state index in [0.717, 1.165) is 16.0 Å². The maximum atomic E-state index is 12.2. The van der Waals surface area contributed by atoms with Gasteiger partial charge in [-0.25, -0.2) is 4.79 Å². The number of benzene rings is 2. The minimum absolute atomic E-state index is 0.321. The number of nitrogens with one attached hydrogen (secondary N) is 1. The molecule has 0 unspecified atom stereocenters. The summed E-state index contributed by atoms with van der Waals surface area (Å²) in [5.41, 5.74) is 0.642. The molecule has 0 saturated carbocycles. The zero-order valence-electron chi connectivity index (χ0n) is 14.2. The lowest BCUT2D eigenvalue weighted by Gasteiger charge is -2.20. The van der Waals surface area contributed by atoms with E-state index in [1.807, 2.05) is 24.3 Å². The highest BCUT2D eigenvalue weighted by Gasteiger charge is 2.18. The van der Waals surface area contributed by atoms with Gasteiger partial charge in [-0.2, -0.15) is 0 Å². The summed E-state index contributed by atoms with van der Waals surface area (Å²) in [5, 5.41) is 1.83. The SMILES string of the molecule is C=c1ccccc1=c1[nH]/c(=C\c2cc(OC)c3c(c2)OCCO3)c(=O)o1. The van der Waals surface area contributed by atoms with Crippen LogP contribution in [-0.2, 0) is 0 Å². The lowest BCUT2D eigenvalue weighted by atomic mass is 10.1. The summed E-state index contributed by atoms with van der Waals surface area (Å²) in [7, 11) is 1.56. The highest BCUT2D eigenvalue weighted by molar-refractivity contribution is 5.62. The van der Waals surface area contributed by atoms with Crippen LogP contribution in [0.1, 0.15) is 5.56 Å². The molecular weight excluding hydrogens is 334 g/mol. The topological polar surface area (TPSA) is 73.7 Å². The first-order valence-electron chi connectivity index (χ1n) is 8.12. The molecule has 0 aliphatic carbocycles. The molecule has 132 valence electrons. The molecule has 2 heterocycles. The van der Waals surface area contributed by atoms with Gasteiger partial charge in [0.1, 0.15) is 18.6 Å². The Labute approximate surface area is 148 Å². The van der Waals surface area contributed by atoms with E-state index in [9.17, 15) is 4.79 Å². The van der Waals surface area contributed by atoms with Crippen molar-refractivity contribution in [3.05, 3.63) is 73.7 Å². The molecule has 4 rings (SSSR count). The van der Waals surface area contributed by atoms with Gasteiger partial charge < -0.3 is 23.6 Å². The molecule has 0 atom stereocenters. The molecular formula is C20H17NO5. The highest BCUT2D eigenvalue weighted by Crippen LogP contribution is 2.40. The summed E-state index contributed by atoms with van der Waals surface area (Å²) in [4.78, 5) is 15.3. The Morgan fingerprint density at radius 2 is 2.00 bits per heavy atom. The van der Waals surface area contributed by atoms with Gasteiger partial charge in [-0.3, -0.25) is 0 Å². The molecule has 1 aromatic heterocycles. The third-order valence-electron chi connectivity index (χ3n) is 4.09. The van der Waals surface area contributed by atoms with E-state index in [2.05, 4.69) is 11.6 Å². The van der Waals surface area contributed by atoms with Gasteiger partial charge in [-0.15, -0.1) is 0 Å². The Hall–Kier alpha value is -3.41. The molecule has 6 heteroatoms. The molecule has 0 amide bonds. The average molecular weight is 351 g/mol. The van der Waals surface area contributed by atoms with E-state index >= 15 is 0 Å². The van der Waals surface area contributed by atoms with Gasteiger partial charge in [0, 0.05) is 5.22 Å². The Bertz CT molecular complexity index is 1210. The van der Waals surface area contributed by atoms with Crippen molar-refractivity contribution in [3.8, 4) is 17.2 Å². The van der Waals surface area contributed by atoms with E-state index in [0.29, 0.717) is 41.4 Å². The van der Waals surface area contributed by atoms with Crippen LogP contribution in [0.4, 0.5) is 0 Å². The molecule has 0 spiro atoms. The molecule has 0 fully saturated rings. The smallest absolute Gasteiger partial charge is 0.361 e. The predicted octanol–water partition coefficient (Wildman–Crippen LogP) is 1.27. The lowest BCUT2D eigenvalue weighted by molar-refractivity contribution is 0.165. The first kappa shape index (κ1) is 16.1. The number of aromatic amines is 1. The Kier molecular flexibility index (Phi) is 4.01. The van der Waals surface area contributed by atoms with Crippen LogP contribution >= 0.6 is 0 Å². The molecule has 6 nitrogen and oxygen atoms in total. The van der Waals surface area contributed by atoms with Crippen LogP contribution < -0.4 is 30.4 Å².